The molecule has 6 heteroatoms. The monoisotopic (exact) mass is 186 g/mol. The lowest BCUT2D eigenvalue weighted by atomic mass is 11.1. The molecular weight excluding hydrogens is 180 g/mol. The lowest BCUT2D eigenvalue weighted by Crippen LogP contribution is -2.32. The highest BCUT2D eigenvalue weighted by Gasteiger charge is 2.23. The van der Waals surface area contributed by atoms with Gasteiger partial charge in [0.1, 0.15) is 0 Å². The number of rotatable bonds is 0. The third kappa shape index (κ3) is 2.57. The van der Waals surface area contributed by atoms with E-state index in [1.807, 2.05) is 0 Å². The van der Waals surface area contributed by atoms with E-state index in [0.717, 1.165) is 0 Å². The fourth-order valence-electron chi connectivity index (χ4n) is 0.395. The molecule has 0 atom stereocenters. The third-order valence-corrected chi connectivity index (χ3v) is 1.43. The zero-order valence-corrected chi connectivity index (χ0v) is 6.98. The smallest absolute Gasteiger partial charge is 0.210 e. The molecular formula is C3H6O3S3. The van der Waals surface area contributed by atoms with E-state index < -0.39 is 16.9 Å². The van der Waals surface area contributed by atoms with Crippen LogP contribution in [0.1, 0.15) is 0 Å². The molecule has 1 saturated heterocycles. The highest BCUT2D eigenvalue weighted by atomic mass is 32.1. The van der Waals surface area contributed by atoms with E-state index in [2.05, 4.69) is 37.9 Å². The predicted molar refractivity (Wildman–Crippen MR) is 41.6 cm³/mol. The minimum Gasteiger partial charge on any atom is -0.305 e. The van der Waals surface area contributed by atoms with Crippen LogP contribution in [-0.2, 0) is 14.2 Å². The van der Waals surface area contributed by atoms with E-state index in [-0.39, 0.29) is 0 Å². The molecule has 1 aliphatic rings. The molecule has 1 fully saturated rings. The summed E-state index contributed by atoms with van der Waals surface area (Å²) in [5.74, 6) is 0. The van der Waals surface area contributed by atoms with Gasteiger partial charge in [-0.1, -0.05) is 0 Å². The molecule has 0 radical (unpaired) electrons. The van der Waals surface area contributed by atoms with Crippen LogP contribution in [0.5, 0.6) is 0 Å². The van der Waals surface area contributed by atoms with Crippen molar-refractivity contribution < 1.29 is 14.2 Å². The summed E-state index contributed by atoms with van der Waals surface area (Å²) < 4.78 is 14.4. The molecule has 3 nitrogen and oxygen atoms in total. The molecule has 0 aromatic heterocycles. The predicted octanol–water partition coefficient (Wildman–Crippen LogP) is 0.690. The molecule has 0 amide bonds. The number of hydrogen-bond acceptors (Lipinski definition) is 6. The lowest BCUT2D eigenvalue weighted by Gasteiger charge is -2.28. The molecule has 1 aliphatic heterocycles. The van der Waals surface area contributed by atoms with Crippen LogP contribution >= 0.6 is 37.9 Å². The first-order valence-corrected chi connectivity index (χ1v) is 3.74. The molecule has 0 aliphatic carbocycles. The highest BCUT2D eigenvalue weighted by Crippen LogP contribution is 2.21. The van der Waals surface area contributed by atoms with E-state index in [1.54, 1.807) is 0 Å². The average molecular weight is 186 g/mol. The highest BCUT2D eigenvalue weighted by molar-refractivity contribution is 7.82. The average Bonchev–Trinajstić information content (AvgIpc) is 1.59. The fraction of sp³-hybridized carbons (Fsp3) is 1.00. The van der Waals surface area contributed by atoms with Crippen molar-refractivity contribution in [3.8, 4) is 0 Å². The van der Waals surface area contributed by atoms with E-state index >= 15 is 0 Å². The van der Waals surface area contributed by atoms with Gasteiger partial charge in [-0.25, -0.2) is 0 Å². The van der Waals surface area contributed by atoms with E-state index in [4.69, 9.17) is 14.2 Å². The van der Waals surface area contributed by atoms with Gasteiger partial charge in [0.2, 0.25) is 16.9 Å². The van der Waals surface area contributed by atoms with Crippen LogP contribution in [0.3, 0.4) is 0 Å². The summed E-state index contributed by atoms with van der Waals surface area (Å²) in [5, 5.41) is 0. The molecule has 0 aromatic rings. The second-order valence-electron chi connectivity index (χ2n) is 1.33. The Bertz CT molecular complexity index is 75.3. The largest absolute Gasteiger partial charge is 0.305 e. The van der Waals surface area contributed by atoms with Gasteiger partial charge in [-0.05, 0) is 0 Å². The van der Waals surface area contributed by atoms with Gasteiger partial charge in [-0.3, -0.25) is 0 Å². The maximum absolute atomic E-state index is 4.79. The lowest BCUT2D eigenvalue weighted by molar-refractivity contribution is -0.294. The molecule has 0 spiro atoms. The van der Waals surface area contributed by atoms with Crippen LogP contribution in [0, 0.1) is 0 Å². The number of thiol groups is 3. The maximum atomic E-state index is 4.79. The van der Waals surface area contributed by atoms with Crippen molar-refractivity contribution in [3.63, 3.8) is 0 Å². The topological polar surface area (TPSA) is 27.7 Å². The van der Waals surface area contributed by atoms with Crippen LogP contribution < -0.4 is 0 Å². The first-order valence-electron chi connectivity index (χ1n) is 2.19. The first kappa shape index (κ1) is 8.03. The molecule has 9 heavy (non-hydrogen) atoms. The summed E-state index contributed by atoms with van der Waals surface area (Å²) in [5.41, 5.74) is -1.78. The van der Waals surface area contributed by atoms with Crippen molar-refractivity contribution in [2.45, 2.75) is 16.9 Å². The molecule has 0 aromatic carbocycles. The zero-order chi connectivity index (χ0) is 6.85. The van der Waals surface area contributed by atoms with Crippen molar-refractivity contribution in [1.29, 1.82) is 0 Å². The summed E-state index contributed by atoms with van der Waals surface area (Å²) in [6.07, 6.45) is 0. The van der Waals surface area contributed by atoms with Gasteiger partial charge >= 0.3 is 0 Å². The Kier molecular flexibility index (Phi) is 3.00. The summed E-state index contributed by atoms with van der Waals surface area (Å²) in [7, 11) is 0. The molecule has 54 valence electrons. The fourth-order valence-corrected chi connectivity index (χ4v) is 1.35. The summed E-state index contributed by atoms with van der Waals surface area (Å²) in [6.45, 7) is 0. The van der Waals surface area contributed by atoms with Crippen molar-refractivity contribution in [3.05, 3.63) is 0 Å². The molecule has 0 unspecified atom stereocenters. The second-order valence-corrected chi connectivity index (χ2v) is 2.59. The van der Waals surface area contributed by atoms with Crippen LogP contribution in [0.4, 0.5) is 0 Å². The van der Waals surface area contributed by atoms with Gasteiger partial charge in [-0.2, -0.15) is 0 Å². The van der Waals surface area contributed by atoms with Crippen LogP contribution in [0.15, 0.2) is 0 Å². The Labute approximate surface area is 69.3 Å². The molecule has 0 bridgehead atoms. The number of ether oxygens (including phenoxy) is 3. The molecule has 0 saturated carbocycles. The van der Waals surface area contributed by atoms with E-state index in [0.29, 0.717) is 0 Å². The van der Waals surface area contributed by atoms with Crippen LogP contribution in [-0.4, -0.2) is 16.9 Å². The quantitative estimate of drug-likeness (QED) is 0.486. The Morgan fingerprint density at radius 1 is 0.667 bits per heavy atom. The third-order valence-electron chi connectivity index (χ3n) is 0.698. The first-order chi connectivity index (χ1) is 4.18. The minimum absolute atomic E-state index is 0.594. The van der Waals surface area contributed by atoms with Crippen LogP contribution in [0.25, 0.3) is 0 Å². The molecule has 1 heterocycles. The van der Waals surface area contributed by atoms with Gasteiger partial charge in [0.25, 0.3) is 0 Å². The molecule has 1 rings (SSSR count). The van der Waals surface area contributed by atoms with Gasteiger partial charge in [0.05, 0.1) is 0 Å². The zero-order valence-electron chi connectivity index (χ0n) is 4.30. The SMILES string of the molecule is SC1OC(S)OC(S)O1. The second kappa shape index (κ2) is 3.36. The minimum atomic E-state index is -0.594. The van der Waals surface area contributed by atoms with Crippen molar-refractivity contribution in [1.82, 2.24) is 0 Å². The van der Waals surface area contributed by atoms with Gasteiger partial charge < -0.3 is 14.2 Å². The Balaban J connectivity index is 2.34. The van der Waals surface area contributed by atoms with Gasteiger partial charge in [-0.15, -0.1) is 37.9 Å². The standard InChI is InChI=1S/C3H6O3S3/c7-1-4-2(8)6-3(9)5-1/h1-3,7-9H. The van der Waals surface area contributed by atoms with Crippen molar-refractivity contribution in [2.24, 2.45) is 0 Å². The molecule has 0 N–H and O–H groups in total. The Morgan fingerprint density at radius 3 is 1.11 bits per heavy atom. The van der Waals surface area contributed by atoms with Gasteiger partial charge in [0, 0.05) is 0 Å². The number of hydrogen-bond donors (Lipinski definition) is 3. The van der Waals surface area contributed by atoms with Crippen LogP contribution in [0.2, 0.25) is 0 Å². The normalized spacial score (nSPS) is 45.0. The van der Waals surface area contributed by atoms with Crippen molar-refractivity contribution >= 4 is 37.9 Å². The maximum Gasteiger partial charge on any atom is 0.210 e. The summed E-state index contributed by atoms with van der Waals surface area (Å²) >= 11 is 11.6. The van der Waals surface area contributed by atoms with Crippen molar-refractivity contribution in [2.75, 3.05) is 0 Å². The summed E-state index contributed by atoms with van der Waals surface area (Å²) in [4.78, 5) is 0. The van der Waals surface area contributed by atoms with E-state index in [9.17, 15) is 0 Å². The summed E-state index contributed by atoms with van der Waals surface area (Å²) in [6, 6.07) is 0. The Hall–Kier alpha value is 0.930. The Morgan fingerprint density at radius 2 is 0.889 bits per heavy atom. The van der Waals surface area contributed by atoms with Gasteiger partial charge in [0.15, 0.2) is 0 Å². The van der Waals surface area contributed by atoms with E-state index in [1.165, 1.54) is 0 Å².